The predicted octanol–water partition coefficient (Wildman–Crippen LogP) is 2.16. The maximum Gasteiger partial charge on any atom is 0.283 e. The van der Waals surface area contributed by atoms with Crippen LogP contribution in [-0.2, 0) is 0 Å². The van der Waals surface area contributed by atoms with E-state index in [1.807, 2.05) is 17.5 Å². The van der Waals surface area contributed by atoms with E-state index in [-0.39, 0.29) is 22.6 Å². The van der Waals surface area contributed by atoms with E-state index in [0.717, 1.165) is 9.39 Å². The summed E-state index contributed by atoms with van der Waals surface area (Å²) in [6.45, 7) is 0. The molecule has 1 aromatic carbocycles. The first-order valence-electron chi connectivity index (χ1n) is 6.86. The van der Waals surface area contributed by atoms with Crippen molar-refractivity contribution >= 4 is 40.2 Å². The van der Waals surface area contributed by atoms with Crippen molar-refractivity contribution in [3.05, 3.63) is 73.1 Å². The molecule has 0 spiro atoms. The van der Waals surface area contributed by atoms with Crippen LogP contribution < -0.4 is 11.1 Å². The van der Waals surface area contributed by atoms with Gasteiger partial charge in [0.2, 0.25) is 5.78 Å². The molecule has 0 aliphatic rings. The van der Waals surface area contributed by atoms with Gasteiger partial charge >= 0.3 is 0 Å². The summed E-state index contributed by atoms with van der Waals surface area (Å²) in [7, 11) is 0. The van der Waals surface area contributed by atoms with Gasteiger partial charge in [-0.1, -0.05) is 18.2 Å². The molecule has 6 nitrogen and oxygen atoms in total. The van der Waals surface area contributed by atoms with Gasteiger partial charge in [0.05, 0.1) is 10.9 Å². The molecule has 0 atom stereocenters. The number of hydrogen-bond acceptors (Lipinski definition) is 5. The summed E-state index contributed by atoms with van der Waals surface area (Å²) in [6.07, 6.45) is 3.37. The number of nitrogens with one attached hydrogen (secondary N) is 1. The summed E-state index contributed by atoms with van der Waals surface area (Å²) in [5.74, 6) is 0.131. The highest BCUT2D eigenvalue weighted by atomic mass is 32.1. The van der Waals surface area contributed by atoms with Crippen LogP contribution in [0.25, 0.3) is 28.8 Å². The molecule has 3 aromatic heterocycles. The van der Waals surface area contributed by atoms with Crippen molar-refractivity contribution < 1.29 is 0 Å². The third kappa shape index (κ3) is 2.36. The highest BCUT2D eigenvalue weighted by Gasteiger charge is 2.08. The van der Waals surface area contributed by atoms with Gasteiger partial charge in [-0.15, -0.1) is 11.3 Å². The van der Waals surface area contributed by atoms with Crippen LogP contribution in [0.4, 0.5) is 0 Å². The summed E-state index contributed by atoms with van der Waals surface area (Å²) in [6, 6.07) is 10.8. The fourth-order valence-electron chi connectivity index (χ4n) is 2.27. The molecule has 0 radical (unpaired) electrons. The quantitative estimate of drug-likeness (QED) is 0.574. The standard InChI is InChI=1S/C16H10N4O2S/c21-14-13(8-7-10-4-3-9-23-10)19-20-15(22)11-5-1-2-6-12(11)17-16(20)18-14/h1-9H,(H,17,18,21). The van der Waals surface area contributed by atoms with E-state index < -0.39 is 0 Å². The van der Waals surface area contributed by atoms with E-state index in [4.69, 9.17) is 0 Å². The summed E-state index contributed by atoms with van der Waals surface area (Å²) in [4.78, 5) is 32.5. The molecule has 7 heteroatoms. The van der Waals surface area contributed by atoms with E-state index in [1.54, 1.807) is 47.8 Å². The highest BCUT2D eigenvalue weighted by molar-refractivity contribution is 7.10. The lowest BCUT2D eigenvalue weighted by Crippen LogP contribution is -2.25. The molecule has 0 amide bonds. The van der Waals surface area contributed by atoms with E-state index in [0.29, 0.717) is 10.9 Å². The minimum atomic E-state index is -0.389. The Morgan fingerprint density at radius 1 is 1.09 bits per heavy atom. The van der Waals surface area contributed by atoms with Crippen molar-refractivity contribution in [2.75, 3.05) is 0 Å². The predicted molar refractivity (Wildman–Crippen MR) is 90.6 cm³/mol. The second-order valence-electron chi connectivity index (χ2n) is 4.86. The van der Waals surface area contributed by atoms with Crippen LogP contribution in [0.3, 0.4) is 0 Å². The maximum atomic E-state index is 12.5. The average Bonchev–Trinajstić information content (AvgIpc) is 3.07. The SMILES string of the molecule is O=c1[nH]c2nc3ccccc3c(=O)n2nc1C=Cc1cccs1. The van der Waals surface area contributed by atoms with Crippen molar-refractivity contribution in [2.45, 2.75) is 0 Å². The van der Waals surface area contributed by atoms with Crippen molar-refractivity contribution in [1.82, 2.24) is 19.6 Å². The van der Waals surface area contributed by atoms with E-state index in [2.05, 4.69) is 15.1 Å². The zero-order chi connectivity index (χ0) is 15.8. The Bertz CT molecular complexity index is 1160. The molecule has 0 fully saturated rings. The summed E-state index contributed by atoms with van der Waals surface area (Å²) in [5.41, 5.74) is -0.0190. The van der Waals surface area contributed by atoms with Gasteiger partial charge in [-0.3, -0.25) is 14.6 Å². The number of aromatic nitrogens is 4. The fraction of sp³-hybridized carbons (Fsp3) is 0. The number of nitrogens with zero attached hydrogens (tertiary/aromatic N) is 3. The van der Waals surface area contributed by atoms with E-state index >= 15 is 0 Å². The van der Waals surface area contributed by atoms with Crippen LogP contribution in [0.1, 0.15) is 10.6 Å². The van der Waals surface area contributed by atoms with E-state index in [9.17, 15) is 9.59 Å². The Balaban J connectivity index is 1.95. The number of aromatic amines is 1. The number of benzene rings is 1. The normalized spacial score (nSPS) is 11.7. The van der Waals surface area contributed by atoms with Crippen LogP contribution in [0.2, 0.25) is 0 Å². The van der Waals surface area contributed by atoms with Crippen LogP contribution >= 0.6 is 11.3 Å². The molecular formula is C16H10N4O2S. The van der Waals surface area contributed by atoms with Crippen LogP contribution in [0.15, 0.2) is 51.4 Å². The average molecular weight is 322 g/mol. The van der Waals surface area contributed by atoms with Crippen molar-refractivity contribution in [2.24, 2.45) is 0 Å². The summed E-state index contributed by atoms with van der Waals surface area (Å²) < 4.78 is 1.12. The van der Waals surface area contributed by atoms with Gasteiger partial charge in [-0.05, 0) is 35.7 Å². The minimum Gasteiger partial charge on any atom is -0.289 e. The zero-order valence-corrected chi connectivity index (χ0v) is 12.6. The molecule has 0 saturated heterocycles. The monoisotopic (exact) mass is 322 g/mol. The Labute approximate surface area is 133 Å². The summed E-state index contributed by atoms with van der Waals surface area (Å²) >= 11 is 1.55. The van der Waals surface area contributed by atoms with E-state index in [1.165, 1.54) is 0 Å². The topological polar surface area (TPSA) is 80.1 Å². The van der Waals surface area contributed by atoms with Crippen molar-refractivity contribution in [3.63, 3.8) is 0 Å². The van der Waals surface area contributed by atoms with Crippen LogP contribution in [0.5, 0.6) is 0 Å². The largest absolute Gasteiger partial charge is 0.289 e. The molecule has 0 aliphatic heterocycles. The number of fused-ring (bicyclic) bond motifs is 2. The van der Waals surface area contributed by atoms with Gasteiger partial charge in [0.15, 0.2) is 0 Å². The van der Waals surface area contributed by atoms with Gasteiger partial charge in [0, 0.05) is 4.88 Å². The Hall–Kier alpha value is -3.06. The van der Waals surface area contributed by atoms with Gasteiger partial charge in [0.1, 0.15) is 5.69 Å². The molecule has 4 rings (SSSR count). The number of rotatable bonds is 2. The zero-order valence-electron chi connectivity index (χ0n) is 11.8. The first-order valence-corrected chi connectivity index (χ1v) is 7.74. The Morgan fingerprint density at radius 3 is 2.78 bits per heavy atom. The number of H-pyrrole nitrogens is 1. The smallest absolute Gasteiger partial charge is 0.283 e. The third-order valence-electron chi connectivity index (χ3n) is 3.37. The molecule has 23 heavy (non-hydrogen) atoms. The maximum absolute atomic E-state index is 12.5. The number of thiophene rings is 1. The van der Waals surface area contributed by atoms with Gasteiger partial charge in [-0.2, -0.15) is 9.61 Å². The molecule has 0 aliphatic carbocycles. The molecule has 1 N–H and O–H groups in total. The molecule has 0 unspecified atom stereocenters. The molecular weight excluding hydrogens is 312 g/mol. The number of para-hydroxylation sites is 1. The summed E-state index contributed by atoms with van der Waals surface area (Å²) in [5, 5.41) is 6.54. The molecule has 0 bridgehead atoms. The molecule has 4 aromatic rings. The van der Waals surface area contributed by atoms with Crippen LogP contribution in [0, 0.1) is 0 Å². The second kappa shape index (κ2) is 5.29. The van der Waals surface area contributed by atoms with Gasteiger partial charge in [-0.25, -0.2) is 4.98 Å². The Morgan fingerprint density at radius 2 is 1.96 bits per heavy atom. The highest BCUT2D eigenvalue weighted by Crippen LogP contribution is 2.11. The lowest BCUT2D eigenvalue weighted by molar-refractivity contribution is 0.830. The fourth-order valence-corrected chi connectivity index (χ4v) is 2.89. The Kier molecular flexibility index (Phi) is 3.13. The molecule has 3 heterocycles. The molecule has 112 valence electrons. The first kappa shape index (κ1) is 13.6. The van der Waals surface area contributed by atoms with Crippen LogP contribution in [-0.4, -0.2) is 19.6 Å². The minimum absolute atomic E-state index is 0.131. The van der Waals surface area contributed by atoms with Gasteiger partial charge in [0.25, 0.3) is 11.1 Å². The lowest BCUT2D eigenvalue weighted by atomic mass is 10.2. The van der Waals surface area contributed by atoms with Crippen molar-refractivity contribution in [3.8, 4) is 0 Å². The van der Waals surface area contributed by atoms with Gasteiger partial charge < -0.3 is 0 Å². The molecule has 0 saturated carbocycles. The number of hydrogen-bond donors (Lipinski definition) is 1. The first-order chi connectivity index (χ1) is 11.2. The lowest BCUT2D eigenvalue weighted by Gasteiger charge is -2.02. The third-order valence-corrected chi connectivity index (χ3v) is 4.21. The van der Waals surface area contributed by atoms with Crippen molar-refractivity contribution in [1.29, 1.82) is 0 Å². The second-order valence-corrected chi connectivity index (χ2v) is 5.84.